The van der Waals surface area contributed by atoms with Gasteiger partial charge in [0.1, 0.15) is 11.6 Å². The molecule has 1 aromatic heterocycles. The maximum absolute atomic E-state index is 12.5. The Kier molecular flexibility index (Phi) is 5.86. The van der Waals surface area contributed by atoms with Crippen LogP contribution >= 0.6 is 0 Å². The van der Waals surface area contributed by atoms with Crippen LogP contribution in [0.3, 0.4) is 0 Å². The minimum atomic E-state index is -0.165. The molecule has 2 amide bonds. The topological polar surface area (TPSA) is 71.5 Å². The molecular weight excluding hydrogens is 342 g/mol. The minimum Gasteiger partial charge on any atom is -0.497 e. The average molecular weight is 365 g/mol. The second-order valence-electron chi connectivity index (χ2n) is 6.53. The molecule has 1 saturated heterocycles. The summed E-state index contributed by atoms with van der Waals surface area (Å²) in [6.07, 6.45) is 5.90. The lowest BCUT2D eigenvalue weighted by Crippen LogP contribution is -2.26. The molecule has 1 N–H and O–H groups in total. The Balaban J connectivity index is 1.56. The molecule has 0 aliphatic carbocycles. The smallest absolute Gasteiger partial charge is 0.246 e. The quantitative estimate of drug-likeness (QED) is 0.827. The third kappa shape index (κ3) is 4.94. The lowest BCUT2D eigenvalue weighted by molar-refractivity contribution is -0.125. The van der Waals surface area contributed by atoms with Gasteiger partial charge in [0, 0.05) is 38.2 Å². The number of nitrogens with zero attached hydrogens (tertiary/aromatic N) is 2. The van der Waals surface area contributed by atoms with E-state index < -0.39 is 0 Å². The second-order valence-corrected chi connectivity index (χ2v) is 6.53. The number of hydrogen-bond acceptors (Lipinski definition) is 4. The lowest BCUT2D eigenvalue weighted by Gasteiger charge is -2.15. The van der Waals surface area contributed by atoms with Crippen molar-refractivity contribution in [2.75, 3.05) is 25.5 Å². The van der Waals surface area contributed by atoms with E-state index in [9.17, 15) is 9.59 Å². The van der Waals surface area contributed by atoms with E-state index in [-0.39, 0.29) is 11.8 Å². The first-order chi connectivity index (χ1) is 13.0. The van der Waals surface area contributed by atoms with Crippen LogP contribution in [-0.4, -0.2) is 41.9 Å². The van der Waals surface area contributed by atoms with Gasteiger partial charge in [0.25, 0.3) is 0 Å². The van der Waals surface area contributed by atoms with Gasteiger partial charge in [-0.3, -0.25) is 9.59 Å². The van der Waals surface area contributed by atoms with Crippen molar-refractivity contribution in [1.82, 2.24) is 9.88 Å². The average Bonchev–Trinajstić information content (AvgIpc) is 3.17. The van der Waals surface area contributed by atoms with Gasteiger partial charge in [0.2, 0.25) is 11.8 Å². The molecule has 1 atom stereocenters. The van der Waals surface area contributed by atoms with Crippen molar-refractivity contribution < 1.29 is 14.3 Å². The highest BCUT2D eigenvalue weighted by atomic mass is 16.5. The fourth-order valence-corrected chi connectivity index (χ4v) is 3.14. The highest BCUT2D eigenvalue weighted by Crippen LogP contribution is 2.28. The molecule has 1 aliphatic rings. The molecule has 3 rings (SSSR count). The van der Waals surface area contributed by atoms with Crippen molar-refractivity contribution in [2.24, 2.45) is 0 Å². The summed E-state index contributed by atoms with van der Waals surface area (Å²) in [5, 5.41) is 2.61. The highest BCUT2D eigenvalue weighted by Gasteiger charge is 2.26. The molecule has 27 heavy (non-hydrogen) atoms. The van der Waals surface area contributed by atoms with Gasteiger partial charge in [-0.2, -0.15) is 0 Å². The molecule has 1 unspecified atom stereocenters. The molecule has 0 radical (unpaired) electrons. The van der Waals surface area contributed by atoms with Gasteiger partial charge in [-0.25, -0.2) is 4.98 Å². The second kappa shape index (κ2) is 8.49. The maximum Gasteiger partial charge on any atom is 0.246 e. The highest BCUT2D eigenvalue weighted by molar-refractivity contribution is 5.92. The van der Waals surface area contributed by atoms with Crippen LogP contribution in [0.2, 0.25) is 0 Å². The number of aromatic nitrogens is 1. The molecule has 140 valence electrons. The van der Waals surface area contributed by atoms with Crippen LogP contribution in [0.5, 0.6) is 5.75 Å². The van der Waals surface area contributed by atoms with Gasteiger partial charge >= 0.3 is 0 Å². The summed E-state index contributed by atoms with van der Waals surface area (Å²) in [4.78, 5) is 29.5. The van der Waals surface area contributed by atoms with Crippen LogP contribution in [0.15, 0.2) is 48.7 Å². The molecule has 6 heteroatoms. The van der Waals surface area contributed by atoms with Crippen molar-refractivity contribution in [3.63, 3.8) is 0 Å². The lowest BCUT2D eigenvalue weighted by atomic mass is 9.98. The van der Waals surface area contributed by atoms with Crippen molar-refractivity contribution in [3.8, 4) is 5.75 Å². The van der Waals surface area contributed by atoms with Crippen molar-refractivity contribution in [3.05, 3.63) is 59.8 Å². The van der Waals surface area contributed by atoms with Crippen LogP contribution in [0.1, 0.15) is 30.4 Å². The molecule has 1 fully saturated rings. The normalized spacial score (nSPS) is 16.5. The zero-order valence-corrected chi connectivity index (χ0v) is 15.5. The first-order valence-electron chi connectivity index (χ1n) is 8.90. The molecule has 1 aromatic carbocycles. The number of hydrogen-bond donors (Lipinski definition) is 1. The number of ether oxygens (including phenoxy) is 1. The number of amides is 2. The number of pyridine rings is 1. The summed E-state index contributed by atoms with van der Waals surface area (Å²) in [5.41, 5.74) is 2.04. The first-order valence-corrected chi connectivity index (χ1v) is 8.90. The van der Waals surface area contributed by atoms with E-state index in [4.69, 9.17) is 4.74 Å². The Labute approximate surface area is 158 Å². The number of rotatable bonds is 5. The van der Waals surface area contributed by atoms with E-state index in [0.29, 0.717) is 11.7 Å². The Bertz CT molecular complexity index is 829. The van der Waals surface area contributed by atoms with Crippen LogP contribution in [0, 0.1) is 0 Å². The summed E-state index contributed by atoms with van der Waals surface area (Å²) in [7, 11) is 1.65. The van der Waals surface area contributed by atoms with E-state index in [1.165, 1.54) is 12.5 Å². The number of nitrogens with one attached hydrogen (secondary N) is 1. The summed E-state index contributed by atoms with van der Waals surface area (Å²) < 4.78 is 5.19. The van der Waals surface area contributed by atoms with Crippen LogP contribution in [-0.2, 0) is 9.59 Å². The summed E-state index contributed by atoms with van der Waals surface area (Å²) in [5.74, 6) is 1.52. The van der Waals surface area contributed by atoms with Crippen LogP contribution in [0.25, 0.3) is 6.08 Å². The van der Waals surface area contributed by atoms with E-state index >= 15 is 0 Å². The fourth-order valence-electron chi connectivity index (χ4n) is 3.14. The Morgan fingerprint density at radius 3 is 2.63 bits per heavy atom. The van der Waals surface area contributed by atoms with Crippen LogP contribution in [0.4, 0.5) is 5.82 Å². The largest absolute Gasteiger partial charge is 0.497 e. The fraction of sp³-hybridized carbons (Fsp3) is 0.286. The standard InChI is InChI=1S/C21H23N3O3/c1-15(25)23-20-9-3-16(13-22-20)4-10-21(26)24-12-11-18(14-24)17-5-7-19(27-2)8-6-17/h3-10,13,18H,11-12,14H2,1-2H3,(H,22,23,25). The predicted octanol–water partition coefficient (Wildman–Crippen LogP) is 3.08. The molecule has 6 nitrogen and oxygen atoms in total. The SMILES string of the molecule is COc1ccc(C2CCN(C(=O)C=Cc3ccc(NC(C)=O)nc3)C2)cc1. The predicted molar refractivity (Wildman–Crippen MR) is 105 cm³/mol. The van der Waals surface area contributed by atoms with E-state index in [1.54, 1.807) is 31.5 Å². The van der Waals surface area contributed by atoms with E-state index in [2.05, 4.69) is 22.4 Å². The maximum atomic E-state index is 12.5. The van der Waals surface area contributed by atoms with Crippen molar-refractivity contribution in [2.45, 2.75) is 19.3 Å². The summed E-state index contributed by atoms with van der Waals surface area (Å²) >= 11 is 0. The Morgan fingerprint density at radius 1 is 1.22 bits per heavy atom. The van der Waals surface area contributed by atoms with Gasteiger partial charge in [-0.05, 0) is 47.9 Å². The van der Waals surface area contributed by atoms with Gasteiger partial charge in [0.05, 0.1) is 7.11 Å². The Morgan fingerprint density at radius 2 is 2.00 bits per heavy atom. The molecule has 0 bridgehead atoms. The molecule has 2 aromatic rings. The van der Waals surface area contributed by atoms with Gasteiger partial charge in [-0.1, -0.05) is 12.1 Å². The molecular formula is C21H23N3O3. The van der Waals surface area contributed by atoms with E-state index in [1.807, 2.05) is 23.1 Å². The molecule has 2 heterocycles. The third-order valence-electron chi connectivity index (χ3n) is 4.60. The number of likely N-dealkylation sites (tertiary alicyclic amines) is 1. The van der Waals surface area contributed by atoms with E-state index in [0.717, 1.165) is 30.8 Å². The minimum absolute atomic E-state index is 0.00282. The molecule has 0 spiro atoms. The zero-order chi connectivity index (χ0) is 19.2. The van der Waals surface area contributed by atoms with Gasteiger partial charge in [0.15, 0.2) is 0 Å². The number of methoxy groups -OCH3 is 1. The molecule has 0 saturated carbocycles. The zero-order valence-electron chi connectivity index (χ0n) is 15.5. The summed E-state index contributed by atoms with van der Waals surface area (Å²) in [6.45, 7) is 2.90. The van der Waals surface area contributed by atoms with Gasteiger partial charge in [-0.15, -0.1) is 0 Å². The number of carbonyl (C=O) groups is 2. The molecule has 1 aliphatic heterocycles. The first kappa shape index (κ1) is 18.6. The number of carbonyl (C=O) groups excluding carboxylic acids is 2. The van der Waals surface area contributed by atoms with Crippen molar-refractivity contribution >= 4 is 23.7 Å². The Hall–Kier alpha value is -3.15. The summed E-state index contributed by atoms with van der Waals surface area (Å²) in [6, 6.07) is 11.6. The third-order valence-corrected chi connectivity index (χ3v) is 4.60. The number of anilines is 1. The van der Waals surface area contributed by atoms with Crippen molar-refractivity contribution in [1.29, 1.82) is 0 Å². The van der Waals surface area contributed by atoms with Crippen LogP contribution < -0.4 is 10.1 Å². The monoisotopic (exact) mass is 365 g/mol. The number of benzene rings is 1. The van der Waals surface area contributed by atoms with Gasteiger partial charge < -0.3 is 15.0 Å².